The summed E-state index contributed by atoms with van der Waals surface area (Å²) in [6.07, 6.45) is -2.80. The molecule has 0 radical (unpaired) electrons. The van der Waals surface area contributed by atoms with Gasteiger partial charge in [0.15, 0.2) is 17.4 Å². The van der Waals surface area contributed by atoms with Gasteiger partial charge >= 0.3 is 12.2 Å². The SMILES string of the molecule is Cc1oc2c(F)cc(F)cc2c1[C@@H](NC(=O)Nc1cnc(N)nc1)C(F)(F)F. The van der Waals surface area contributed by atoms with E-state index in [9.17, 15) is 26.7 Å². The molecule has 28 heavy (non-hydrogen) atoms. The molecule has 0 spiro atoms. The largest absolute Gasteiger partial charge is 0.458 e. The van der Waals surface area contributed by atoms with Crippen LogP contribution in [0.25, 0.3) is 11.0 Å². The normalized spacial score (nSPS) is 12.8. The number of carbonyl (C=O) groups is 1. The summed E-state index contributed by atoms with van der Waals surface area (Å²) in [7, 11) is 0. The van der Waals surface area contributed by atoms with Crippen molar-refractivity contribution in [3.05, 3.63) is 47.5 Å². The van der Waals surface area contributed by atoms with Crippen molar-refractivity contribution in [3.8, 4) is 0 Å². The van der Waals surface area contributed by atoms with Crippen molar-refractivity contribution in [1.29, 1.82) is 0 Å². The molecular weight excluding hydrogens is 389 g/mol. The zero-order chi connectivity index (χ0) is 20.6. The fourth-order valence-corrected chi connectivity index (χ4v) is 2.64. The van der Waals surface area contributed by atoms with Crippen molar-refractivity contribution in [2.24, 2.45) is 0 Å². The highest BCUT2D eigenvalue weighted by atomic mass is 19.4. The van der Waals surface area contributed by atoms with Gasteiger partial charge in [-0.15, -0.1) is 0 Å². The number of amides is 2. The Balaban J connectivity index is 1.97. The number of nitrogens with zero attached hydrogens (tertiary/aromatic N) is 2. The number of fused-ring (bicyclic) bond motifs is 1. The van der Waals surface area contributed by atoms with E-state index >= 15 is 0 Å². The predicted octanol–water partition coefficient (Wildman–Crippen LogP) is 3.82. The predicted molar refractivity (Wildman–Crippen MR) is 88.3 cm³/mol. The fourth-order valence-electron chi connectivity index (χ4n) is 2.64. The third kappa shape index (κ3) is 3.80. The number of hydrogen-bond acceptors (Lipinski definition) is 5. The summed E-state index contributed by atoms with van der Waals surface area (Å²) < 4.78 is 73.3. The molecule has 2 aromatic heterocycles. The van der Waals surface area contributed by atoms with Gasteiger partial charge < -0.3 is 20.8 Å². The molecule has 0 aliphatic rings. The first kappa shape index (κ1) is 19.3. The van der Waals surface area contributed by atoms with E-state index in [2.05, 4.69) is 15.3 Å². The fraction of sp³-hybridized carbons (Fsp3) is 0.188. The Morgan fingerprint density at radius 1 is 1.21 bits per heavy atom. The minimum Gasteiger partial charge on any atom is -0.458 e. The molecule has 4 N–H and O–H groups in total. The van der Waals surface area contributed by atoms with E-state index in [4.69, 9.17) is 10.2 Å². The number of hydrogen-bond donors (Lipinski definition) is 3. The number of anilines is 2. The quantitative estimate of drug-likeness (QED) is 0.579. The van der Waals surface area contributed by atoms with Crippen molar-refractivity contribution in [2.45, 2.75) is 19.1 Å². The summed E-state index contributed by atoms with van der Waals surface area (Å²) in [4.78, 5) is 19.2. The van der Waals surface area contributed by atoms with Crippen LogP contribution in [0, 0.1) is 18.6 Å². The van der Waals surface area contributed by atoms with Crippen molar-refractivity contribution < 1.29 is 31.2 Å². The summed E-state index contributed by atoms with van der Waals surface area (Å²) in [6.45, 7) is 1.15. The molecule has 2 amide bonds. The molecule has 0 aliphatic heterocycles. The number of urea groups is 1. The maximum Gasteiger partial charge on any atom is 0.413 e. The molecular formula is C16H12F5N5O2. The molecule has 3 rings (SSSR count). The average Bonchev–Trinajstić information content (AvgIpc) is 2.90. The molecule has 0 saturated carbocycles. The second-order valence-electron chi connectivity index (χ2n) is 5.74. The van der Waals surface area contributed by atoms with Gasteiger partial charge in [-0.25, -0.2) is 23.5 Å². The van der Waals surface area contributed by atoms with Gasteiger partial charge in [-0.2, -0.15) is 13.2 Å². The third-order valence-corrected chi connectivity index (χ3v) is 3.75. The van der Waals surface area contributed by atoms with Gasteiger partial charge in [-0.3, -0.25) is 0 Å². The average molecular weight is 401 g/mol. The molecule has 148 valence electrons. The van der Waals surface area contributed by atoms with Crippen LogP contribution in [0.4, 0.5) is 38.4 Å². The highest BCUT2D eigenvalue weighted by Crippen LogP contribution is 2.40. The summed E-state index contributed by atoms with van der Waals surface area (Å²) in [6, 6.07) is -2.65. The lowest BCUT2D eigenvalue weighted by Crippen LogP contribution is -2.40. The molecule has 0 fully saturated rings. The lowest BCUT2D eigenvalue weighted by molar-refractivity contribution is -0.154. The maximum atomic E-state index is 13.8. The number of furan rings is 1. The molecule has 7 nitrogen and oxygen atoms in total. The van der Waals surface area contributed by atoms with Gasteiger partial charge in [0, 0.05) is 17.0 Å². The number of alkyl halides is 3. The minimum absolute atomic E-state index is 0.0153. The number of nitrogen functional groups attached to an aromatic ring is 1. The van der Waals surface area contributed by atoms with Crippen LogP contribution in [0.5, 0.6) is 0 Å². The first-order chi connectivity index (χ1) is 13.1. The Morgan fingerprint density at radius 3 is 2.46 bits per heavy atom. The number of aromatic nitrogens is 2. The third-order valence-electron chi connectivity index (χ3n) is 3.75. The van der Waals surface area contributed by atoms with Crippen LogP contribution >= 0.6 is 0 Å². The lowest BCUT2D eigenvalue weighted by atomic mass is 10.0. The second kappa shape index (κ2) is 6.94. The number of aryl methyl sites for hydroxylation is 1. The van der Waals surface area contributed by atoms with Gasteiger partial charge in [-0.1, -0.05) is 0 Å². The Morgan fingerprint density at radius 2 is 1.86 bits per heavy atom. The van der Waals surface area contributed by atoms with Crippen LogP contribution in [-0.2, 0) is 0 Å². The molecule has 1 aromatic carbocycles. The van der Waals surface area contributed by atoms with Gasteiger partial charge in [0.1, 0.15) is 11.6 Å². The Hall–Kier alpha value is -3.44. The van der Waals surface area contributed by atoms with Gasteiger partial charge in [-0.05, 0) is 13.0 Å². The molecule has 1 atom stereocenters. The van der Waals surface area contributed by atoms with Crippen LogP contribution < -0.4 is 16.4 Å². The molecule has 2 heterocycles. The van der Waals surface area contributed by atoms with E-state index in [0.29, 0.717) is 12.1 Å². The topological polar surface area (TPSA) is 106 Å². The number of benzene rings is 1. The number of nitrogens with two attached hydrogens (primary N) is 1. The Labute approximate surface area is 153 Å². The first-order valence-electron chi connectivity index (χ1n) is 7.66. The first-order valence-corrected chi connectivity index (χ1v) is 7.66. The van der Waals surface area contributed by atoms with Crippen LogP contribution in [0.3, 0.4) is 0 Å². The maximum absolute atomic E-state index is 13.8. The highest BCUT2D eigenvalue weighted by Gasteiger charge is 2.45. The van der Waals surface area contributed by atoms with E-state index in [0.717, 1.165) is 19.3 Å². The molecule has 0 aliphatic carbocycles. The number of halogens is 5. The molecule has 3 aromatic rings. The minimum atomic E-state index is -4.99. The van der Waals surface area contributed by atoms with Crippen molar-refractivity contribution in [2.75, 3.05) is 11.1 Å². The number of carbonyl (C=O) groups excluding carboxylic acids is 1. The Kier molecular flexibility index (Phi) is 4.79. The molecule has 0 saturated heterocycles. The monoisotopic (exact) mass is 401 g/mol. The standard InChI is InChI=1S/C16H12F5N5O2/c1-6-11(9-2-7(17)3-10(18)12(9)28-6)13(16(19,20)21)26-15(27)25-8-4-23-14(22)24-5-8/h2-5,13H,1H3,(H2,22,23,24)(H2,25,26,27)/t13-/m1/s1. The van der Waals surface area contributed by atoms with Gasteiger partial charge in [0.2, 0.25) is 5.95 Å². The van der Waals surface area contributed by atoms with Crippen LogP contribution in [-0.4, -0.2) is 22.2 Å². The lowest BCUT2D eigenvalue weighted by Gasteiger charge is -2.22. The smallest absolute Gasteiger partial charge is 0.413 e. The summed E-state index contributed by atoms with van der Waals surface area (Å²) in [5.74, 6) is -2.66. The number of nitrogens with one attached hydrogen (secondary N) is 2. The van der Waals surface area contributed by atoms with E-state index < -0.39 is 46.4 Å². The summed E-state index contributed by atoms with van der Waals surface area (Å²) in [5, 5.41) is 3.41. The zero-order valence-corrected chi connectivity index (χ0v) is 14.1. The van der Waals surface area contributed by atoms with E-state index in [1.54, 1.807) is 5.32 Å². The number of rotatable bonds is 3. The van der Waals surface area contributed by atoms with Crippen LogP contribution in [0.2, 0.25) is 0 Å². The van der Waals surface area contributed by atoms with Gasteiger partial charge in [0.05, 0.1) is 18.1 Å². The van der Waals surface area contributed by atoms with Crippen molar-refractivity contribution in [1.82, 2.24) is 15.3 Å². The molecule has 0 unspecified atom stereocenters. The van der Waals surface area contributed by atoms with Crippen LogP contribution in [0.15, 0.2) is 28.9 Å². The summed E-state index contributed by atoms with van der Waals surface area (Å²) in [5.41, 5.74) is 4.12. The zero-order valence-electron chi connectivity index (χ0n) is 14.1. The molecule has 0 bridgehead atoms. The summed E-state index contributed by atoms with van der Waals surface area (Å²) >= 11 is 0. The van der Waals surface area contributed by atoms with Crippen molar-refractivity contribution in [3.63, 3.8) is 0 Å². The van der Waals surface area contributed by atoms with E-state index in [-0.39, 0.29) is 17.4 Å². The van der Waals surface area contributed by atoms with E-state index in [1.807, 2.05) is 0 Å². The van der Waals surface area contributed by atoms with Gasteiger partial charge in [0.25, 0.3) is 0 Å². The van der Waals surface area contributed by atoms with Crippen LogP contribution in [0.1, 0.15) is 17.4 Å². The molecule has 12 heteroatoms. The Bertz CT molecular complexity index is 1030. The van der Waals surface area contributed by atoms with E-state index in [1.165, 1.54) is 0 Å². The van der Waals surface area contributed by atoms with Crippen molar-refractivity contribution >= 4 is 28.6 Å². The highest BCUT2D eigenvalue weighted by molar-refractivity contribution is 5.90. The second-order valence-corrected chi connectivity index (χ2v) is 5.74.